The summed E-state index contributed by atoms with van der Waals surface area (Å²) in [5.74, 6) is 1.00. The first-order valence-corrected chi connectivity index (χ1v) is 8.82. The van der Waals surface area contributed by atoms with Gasteiger partial charge < -0.3 is 14.0 Å². The molecule has 4 rings (SSSR count). The topological polar surface area (TPSA) is 89.9 Å². The quantitative estimate of drug-likeness (QED) is 0.533. The Morgan fingerprint density at radius 3 is 2.68 bits per heavy atom. The van der Waals surface area contributed by atoms with Crippen LogP contribution in [0.4, 0.5) is 5.69 Å². The van der Waals surface area contributed by atoms with Crippen molar-refractivity contribution >= 4 is 11.6 Å². The number of pyridine rings is 1. The van der Waals surface area contributed by atoms with Crippen LogP contribution in [0.15, 0.2) is 65.6 Å². The molecule has 0 fully saturated rings. The molecule has 0 saturated heterocycles. The highest BCUT2D eigenvalue weighted by Crippen LogP contribution is 2.23. The SMILES string of the molecule is CCN(C(=O)c1cnc(-c2noc(-c3ccccc3)n2)n1C)c1cccnc1. The number of carbonyl (C=O) groups excluding carboxylic acids is 1. The Bertz CT molecular complexity index is 1090. The minimum atomic E-state index is -0.177. The van der Waals surface area contributed by atoms with Gasteiger partial charge in [-0.1, -0.05) is 23.4 Å². The van der Waals surface area contributed by atoms with Crippen LogP contribution in [0.25, 0.3) is 23.1 Å². The van der Waals surface area contributed by atoms with E-state index in [2.05, 4.69) is 20.1 Å². The van der Waals surface area contributed by atoms with Gasteiger partial charge in [0, 0.05) is 25.4 Å². The predicted molar refractivity (Wildman–Crippen MR) is 104 cm³/mol. The average Bonchev–Trinajstić information content (AvgIpc) is 3.37. The predicted octanol–water partition coefficient (Wildman–Crippen LogP) is 3.20. The molecule has 3 heterocycles. The zero-order chi connectivity index (χ0) is 19.5. The molecule has 0 aliphatic rings. The van der Waals surface area contributed by atoms with Gasteiger partial charge in [-0.15, -0.1) is 0 Å². The lowest BCUT2D eigenvalue weighted by atomic mass is 10.2. The molecule has 0 spiro atoms. The largest absolute Gasteiger partial charge is 0.334 e. The minimum Gasteiger partial charge on any atom is -0.334 e. The molecule has 0 saturated carbocycles. The minimum absolute atomic E-state index is 0.177. The van der Waals surface area contributed by atoms with Crippen molar-refractivity contribution in [3.8, 4) is 23.1 Å². The molecule has 3 aromatic heterocycles. The summed E-state index contributed by atoms with van der Waals surface area (Å²) in [6, 6.07) is 13.1. The highest BCUT2D eigenvalue weighted by atomic mass is 16.5. The van der Waals surface area contributed by atoms with Crippen molar-refractivity contribution in [3.05, 3.63) is 66.7 Å². The summed E-state index contributed by atoms with van der Waals surface area (Å²) in [6.07, 6.45) is 4.85. The number of nitrogens with zero attached hydrogens (tertiary/aromatic N) is 6. The van der Waals surface area contributed by atoms with E-state index in [1.54, 1.807) is 35.0 Å². The molecule has 0 aliphatic carbocycles. The van der Waals surface area contributed by atoms with E-state index in [9.17, 15) is 4.79 Å². The third-order valence-electron chi connectivity index (χ3n) is 4.37. The Kier molecular flexibility index (Phi) is 4.67. The molecule has 0 radical (unpaired) electrons. The van der Waals surface area contributed by atoms with Crippen LogP contribution in [0.3, 0.4) is 0 Å². The Labute approximate surface area is 161 Å². The number of rotatable bonds is 5. The van der Waals surface area contributed by atoms with Crippen molar-refractivity contribution in [2.24, 2.45) is 7.05 Å². The molecule has 8 heteroatoms. The number of hydrogen-bond donors (Lipinski definition) is 0. The van der Waals surface area contributed by atoms with E-state index < -0.39 is 0 Å². The molecule has 0 atom stereocenters. The first-order chi connectivity index (χ1) is 13.7. The number of imidazole rings is 1. The molecule has 1 aromatic carbocycles. The lowest BCUT2D eigenvalue weighted by molar-refractivity contribution is 0.0980. The summed E-state index contributed by atoms with van der Waals surface area (Å²) >= 11 is 0. The van der Waals surface area contributed by atoms with E-state index in [-0.39, 0.29) is 5.91 Å². The number of carbonyl (C=O) groups is 1. The van der Waals surface area contributed by atoms with Gasteiger partial charge in [-0.25, -0.2) is 4.98 Å². The molecule has 0 aliphatic heterocycles. The van der Waals surface area contributed by atoms with Gasteiger partial charge in [0.05, 0.1) is 18.1 Å². The van der Waals surface area contributed by atoms with Crippen LogP contribution < -0.4 is 4.90 Å². The number of aromatic nitrogens is 5. The van der Waals surface area contributed by atoms with Crippen molar-refractivity contribution in [1.29, 1.82) is 0 Å². The lowest BCUT2D eigenvalue weighted by Gasteiger charge is -2.20. The van der Waals surface area contributed by atoms with Gasteiger partial charge in [-0.2, -0.15) is 4.98 Å². The second-order valence-electron chi connectivity index (χ2n) is 6.08. The normalized spacial score (nSPS) is 10.8. The summed E-state index contributed by atoms with van der Waals surface area (Å²) in [7, 11) is 1.76. The van der Waals surface area contributed by atoms with Gasteiger partial charge in [-0.05, 0) is 31.2 Å². The van der Waals surface area contributed by atoms with Crippen molar-refractivity contribution < 1.29 is 9.32 Å². The Morgan fingerprint density at radius 1 is 1.14 bits per heavy atom. The smallest absolute Gasteiger partial charge is 0.276 e. The molecule has 1 amide bonds. The molecule has 4 aromatic rings. The molecule has 0 bridgehead atoms. The van der Waals surface area contributed by atoms with E-state index in [0.717, 1.165) is 11.3 Å². The molecular weight excluding hydrogens is 356 g/mol. The Morgan fingerprint density at radius 2 is 1.96 bits per heavy atom. The number of hydrogen-bond acceptors (Lipinski definition) is 6. The zero-order valence-electron chi connectivity index (χ0n) is 15.5. The van der Waals surface area contributed by atoms with Crippen molar-refractivity contribution in [2.45, 2.75) is 6.92 Å². The van der Waals surface area contributed by atoms with E-state index in [0.29, 0.717) is 29.8 Å². The maximum absolute atomic E-state index is 13.0. The molecule has 8 nitrogen and oxygen atoms in total. The number of benzene rings is 1. The molecule has 0 unspecified atom stereocenters. The van der Waals surface area contributed by atoms with Crippen LogP contribution in [0, 0.1) is 0 Å². The third kappa shape index (κ3) is 3.16. The van der Waals surface area contributed by atoms with E-state index in [1.807, 2.05) is 43.3 Å². The van der Waals surface area contributed by atoms with Crippen LogP contribution in [-0.4, -0.2) is 37.1 Å². The highest BCUT2D eigenvalue weighted by Gasteiger charge is 2.23. The third-order valence-corrected chi connectivity index (χ3v) is 4.37. The van der Waals surface area contributed by atoms with Crippen LogP contribution >= 0.6 is 0 Å². The van der Waals surface area contributed by atoms with Gasteiger partial charge in [0.2, 0.25) is 5.82 Å². The maximum Gasteiger partial charge on any atom is 0.276 e. The van der Waals surface area contributed by atoms with Gasteiger partial charge in [0.15, 0.2) is 5.82 Å². The van der Waals surface area contributed by atoms with Crippen LogP contribution in [-0.2, 0) is 7.05 Å². The van der Waals surface area contributed by atoms with E-state index in [1.165, 1.54) is 6.20 Å². The summed E-state index contributed by atoms with van der Waals surface area (Å²) < 4.78 is 7.02. The second-order valence-corrected chi connectivity index (χ2v) is 6.08. The first-order valence-electron chi connectivity index (χ1n) is 8.82. The fraction of sp³-hybridized carbons (Fsp3) is 0.150. The highest BCUT2D eigenvalue weighted by molar-refractivity contribution is 6.05. The van der Waals surface area contributed by atoms with Crippen molar-refractivity contribution in [1.82, 2.24) is 24.7 Å². The number of anilines is 1. The van der Waals surface area contributed by atoms with E-state index in [4.69, 9.17) is 4.52 Å². The average molecular weight is 374 g/mol. The van der Waals surface area contributed by atoms with Crippen molar-refractivity contribution in [3.63, 3.8) is 0 Å². The summed E-state index contributed by atoms with van der Waals surface area (Å²) in [6.45, 7) is 2.42. The van der Waals surface area contributed by atoms with Gasteiger partial charge >= 0.3 is 0 Å². The number of amides is 1. The van der Waals surface area contributed by atoms with Crippen LogP contribution in [0.1, 0.15) is 17.4 Å². The molecular formula is C20H18N6O2. The van der Waals surface area contributed by atoms with Gasteiger partial charge in [-0.3, -0.25) is 9.78 Å². The summed E-state index contributed by atoms with van der Waals surface area (Å²) in [5, 5.41) is 4.02. The lowest BCUT2D eigenvalue weighted by Crippen LogP contribution is -2.32. The zero-order valence-corrected chi connectivity index (χ0v) is 15.5. The first kappa shape index (κ1) is 17.6. The van der Waals surface area contributed by atoms with Crippen molar-refractivity contribution in [2.75, 3.05) is 11.4 Å². The van der Waals surface area contributed by atoms with Gasteiger partial charge in [0.1, 0.15) is 5.69 Å². The summed E-state index contributed by atoms with van der Waals surface area (Å²) in [4.78, 5) is 27.5. The van der Waals surface area contributed by atoms with Crippen LogP contribution in [0.2, 0.25) is 0 Å². The molecule has 28 heavy (non-hydrogen) atoms. The Balaban J connectivity index is 1.65. The second kappa shape index (κ2) is 7.43. The summed E-state index contributed by atoms with van der Waals surface area (Å²) in [5.41, 5.74) is 1.97. The fourth-order valence-corrected chi connectivity index (χ4v) is 2.92. The Hall–Kier alpha value is -3.81. The maximum atomic E-state index is 13.0. The van der Waals surface area contributed by atoms with E-state index >= 15 is 0 Å². The van der Waals surface area contributed by atoms with Gasteiger partial charge in [0.25, 0.3) is 11.8 Å². The monoisotopic (exact) mass is 374 g/mol. The molecule has 140 valence electrons. The fourth-order valence-electron chi connectivity index (χ4n) is 2.92. The standard InChI is InChI=1S/C20H18N6O2/c1-3-26(15-10-7-11-21-12-15)20(27)16-13-22-18(25(16)2)17-23-19(28-24-17)14-8-5-4-6-9-14/h4-13H,3H2,1-2H3. The van der Waals surface area contributed by atoms with Crippen LogP contribution in [0.5, 0.6) is 0 Å². The molecule has 0 N–H and O–H groups in total.